The van der Waals surface area contributed by atoms with Crippen molar-refractivity contribution in [2.45, 2.75) is 155 Å². The second kappa shape index (κ2) is 29.9. The van der Waals surface area contributed by atoms with Gasteiger partial charge in [0.25, 0.3) is 11.8 Å². The molecule has 20 nitrogen and oxygen atoms in total. The van der Waals surface area contributed by atoms with Gasteiger partial charge in [-0.15, -0.1) is 0 Å². The molecule has 0 radical (unpaired) electrons. The first-order chi connectivity index (χ1) is 37.9. The molecule has 0 unspecified atom stereocenters. The molecule has 7 atom stereocenters. The summed E-state index contributed by atoms with van der Waals surface area (Å²) in [5.41, 5.74) is 6.64. The number of aromatic nitrogens is 2. The van der Waals surface area contributed by atoms with Gasteiger partial charge in [-0.2, -0.15) is 0 Å². The van der Waals surface area contributed by atoms with Crippen molar-refractivity contribution in [3.63, 3.8) is 0 Å². The number of nitrogens with zero attached hydrogens (tertiary/aromatic N) is 4. The number of ketones is 1. The molecule has 1 saturated carbocycles. The molecule has 0 bridgehead atoms. The molecule has 2 heterocycles. The number of carbonyl (C=O) groups excluding carboxylic acids is 8. The van der Waals surface area contributed by atoms with Crippen LogP contribution in [-0.2, 0) is 49.7 Å². The van der Waals surface area contributed by atoms with Crippen LogP contribution in [0.25, 0.3) is 11.3 Å². The minimum absolute atomic E-state index is 0.0181. The van der Waals surface area contributed by atoms with Crippen LogP contribution in [0.1, 0.15) is 136 Å². The van der Waals surface area contributed by atoms with Crippen LogP contribution in [0, 0.1) is 34.8 Å². The average molecular weight is 1120 g/mol. The molecule has 2 aromatic carbocycles. The largest absolute Gasteiger partial charge is 0.480 e. The van der Waals surface area contributed by atoms with Gasteiger partial charge in [-0.25, -0.2) is 18.6 Å². The number of Topliss-reactive ketones (excluding diaryl/α,β-unsaturated/α-hetero) is 1. The summed E-state index contributed by atoms with van der Waals surface area (Å²) in [4.78, 5) is 122. The molecule has 1 aliphatic heterocycles. The van der Waals surface area contributed by atoms with Gasteiger partial charge < -0.3 is 46.7 Å². The lowest BCUT2D eigenvalue weighted by atomic mass is 9.84. The molecule has 0 saturated heterocycles. The number of carboxylic acids is 1. The molecule has 1 fully saturated rings. The monoisotopic (exact) mass is 1120 g/mol. The molecule has 1 aromatic heterocycles. The van der Waals surface area contributed by atoms with Crippen molar-refractivity contribution in [2.24, 2.45) is 28.9 Å². The maximum Gasteiger partial charge on any atom is 0.326 e. The number of rotatable bonds is 31. The average Bonchev–Trinajstić information content (AvgIpc) is 4.14. The van der Waals surface area contributed by atoms with Crippen molar-refractivity contribution in [3.8, 4) is 11.3 Å². The van der Waals surface area contributed by atoms with E-state index in [1.165, 1.54) is 24.0 Å². The van der Waals surface area contributed by atoms with Gasteiger partial charge in [-0.05, 0) is 92.9 Å². The molecule has 5 rings (SSSR count). The summed E-state index contributed by atoms with van der Waals surface area (Å²) >= 11 is 0. The first kappa shape index (κ1) is 63.6. The fourth-order valence-electron chi connectivity index (χ4n) is 10.1. The predicted molar refractivity (Wildman–Crippen MR) is 292 cm³/mol. The third-order valence-corrected chi connectivity index (χ3v) is 14.5. The molecule has 3 aromatic rings. The van der Waals surface area contributed by atoms with Crippen LogP contribution in [0.4, 0.5) is 8.78 Å². The Morgan fingerprint density at radius 2 is 1.57 bits per heavy atom. The number of aliphatic hydroxyl groups is 1. The van der Waals surface area contributed by atoms with E-state index in [4.69, 9.17) is 10.7 Å². The second-order valence-corrected chi connectivity index (χ2v) is 22.4. The molecule has 8 N–H and O–H groups in total. The van der Waals surface area contributed by atoms with Gasteiger partial charge in [0.1, 0.15) is 30.1 Å². The summed E-state index contributed by atoms with van der Waals surface area (Å²) in [7, 11) is 0. The van der Waals surface area contributed by atoms with Crippen molar-refractivity contribution in [2.75, 3.05) is 26.2 Å². The van der Waals surface area contributed by atoms with E-state index in [9.17, 15) is 57.8 Å². The molecule has 22 heteroatoms. The minimum atomic E-state index is -1.26. The van der Waals surface area contributed by atoms with Gasteiger partial charge in [0.2, 0.25) is 29.5 Å². The number of carboxylic acid groups (broad SMARTS) is 1. The third-order valence-electron chi connectivity index (χ3n) is 14.5. The Labute approximate surface area is 466 Å². The maximum absolute atomic E-state index is 15.1. The number of nitrogens with two attached hydrogens (primary N) is 1. The summed E-state index contributed by atoms with van der Waals surface area (Å²) < 4.78 is 31.3. The normalized spacial score (nSPS) is 17.2. The zero-order chi connectivity index (χ0) is 58.8. The first-order valence-corrected chi connectivity index (χ1v) is 27.6. The Morgan fingerprint density at radius 3 is 2.23 bits per heavy atom. The summed E-state index contributed by atoms with van der Waals surface area (Å²) in [6.45, 7) is 10.5. The molecule has 436 valence electrons. The Hall–Kier alpha value is -7.20. The number of hydrogen-bond donors (Lipinski definition) is 7. The number of nitrogens with one attached hydrogen (secondary N) is 4. The topological polar surface area (TPSA) is 293 Å². The number of aliphatic hydroxyl groups excluding tert-OH is 1. The lowest BCUT2D eigenvalue weighted by molar-refractivity contribution is -0.143. The van der Waals surface area contributed by atoms with E-state index in [1.54, 1.807) is 24.6 Å². The van der Waals surface area contributed by atoms with Crippen molar-refractivity contribution in [1.82, 2.24) is 40.6 Å². The molecule has 0 spiro atoms. The molecule has 7 amide bonds. The number of unbranched alkanes of at least 4 members (excludes halogenated alkanes) is 3. The smallest absolute Gasteiger partial charge is 0.326 e. The summed E-state index contributed by atoms with van der Waals surface area (Å²) in [6, 6.07) is 8.03. The van der Waals surface area contributed by atoms with E-state index in [0.717, 1.165) is 28.7 Å². The van der Waals surface area contributed by atoms with Crippen molar-refractivity contribution < 1.29 is 62.1 Å². The molecular weight excluding hydrogens is 1040 g/mol. The lowest BCUT2D eigenvalue weighted by Crippen LogP contribution is -2.49. The number of imidazole rings is 1. The Balaban J connectivity index is 1.05. The fraction of sp³-hybridized carbons (Fsp3) is 0.552. The number of aliphatic carboxylic acids is 1. The van der Waals surface area contributed by atoms with Crippen molar-refractivity contribution in [3.05, 3.63) is 89.9 Å². The first-order valence-electron chi connectivity index (χ1n) is 27.6. The lowest BCUT2D eigenvalue weighted by Gasteiger charge is -2.40. The predicted octanol–water partition coefficient (Wildman–Crippen LogP) is 4.86. The summed E-state index contributed by atoms with van der Waals surface area (Å²) in [5.74, 6) is -7.33. The Morgan fingerprint density at radius 1 is 0.875 bits per heavy atom. The van der Waals surface area contributed by atoms with Gasteiger partial charge in [-0.1, -0.05) is 78.3 Å². The highest BCUT2D eigenvalue weighted by atomic mass is 19.1. The van der Waals surface area contributed by atoms with Crippen LogP contribution < -0.4 is 27.0 Å². The Bertz CT molecular complexity index is 2690. The van der Waals surface area contributed by atoms with Gasteiger partial charge in [0.05, 0.1) is 23.8 Å². The van der Waals surface area contributed by atoms with Crippen LogP contribution in [0.15, 0.2) is 66.9 Å². The molecule has 2 aliphatic rings. The summed E-state index contributed by atoms with van der Waals surface area (Å²) in [6.07, 6.45) is 7.60. The van der Waals surface area contributed by atoms with E-state index in [0.29, 0.717) is 57.2 Å². The van der Waals surface area contributed by atoms with Crippen LogP contribution in [0.5, 0.6) is 0 Å². The Kier molecular flexibility index (Phi) is 23.7. The molecular formula is C58H79F2N9O11. The van der Waals surface area contributed by atoms with Crippen LogP contribution >= 0.6 is 0 Å². The molecule has 80 heavy (non-hydrogen) atoms. The van der Waals surface area contributed by atoms with Crippen molar-refractivity contribution in [1.29, 1.82) is 0 Å². The van der Waals surface area contributed by atoms with Crippen LogP contribution in [0.2, 0.25) is 0 Å². The zero-order valence-electron chi connectivity index (χ0n) is 46.7. The van der Waals surface area contributed by atoms with E-state index < -0.39 is 83.4 Å². The highest BCUT2D eigenvalue weighted by Gasteiger charge is 2.39. The number of halogens is 2. The SMILES string of the molecule is CC(C)[C@H](NC(=O)CCCCCN1C(=O)C=CC1=O)C(=O)C[C@@H](C)C(=O)N[C@@H](CCCCNC(=O)[C@@H]1CC[C@H](NC(=O)[C@@H](N)CCN(C(=O)CO)[C@@H](c2nc(-c3cc(F)ccc3F)cn2Cc2ccccc2)C(C)(C)C)C1)C(=O)O. The standard InChI is InChI=1S/C58H79F2N9O11/c1-35(2)51(66-47(72)18-11-8-14-27-68-48(73)23-24-49(68)74)46(71)29-36(3)54(76)65-44(57(79)80)17-12-13-26-62-55(77)38-19-21-40(30-38)63-56(78)43(61)25-28-69(50(75)34-70)52(58(4,5)6)53-64-45(41-31-39(59)20-22-42(41)60)33-67(53)32-37-15-9-7-10-16-37/h7,9-10,15-16,20,22-24,31,33,35-36,38,40,43-44,51-52,70H,8,11-14,17-19,21,25-30,32,34,61H2,1-6H3,(H,62,77)(H,63,78)(H,65,76)(H,66,72)(H,79,80)/t36-,38-,40+,43+,44+,51+,52+/m1/s1. The highest BCUT2D eigenvalue weighted by molar-refractivity contribution is 6.12. The zero-order valence-corrected chi connectivity index (χ0v) is 46.7. The number of amides is 7. The number of hydrogen-bond acceptors (Lipinski definition) is 12. The summed E-state index contributed by atoms with van der Waals surface area (Å²) in [5, 5.41) is 31.2. The van der Waals surface area contributed by atoms with Crippen LogP contribution in [0.3, 0.4) is 0 Å². The number of benzene rings is 2. The number of carbonyl (C=O) groups is 9. The van der Waals surface area contributed by atoms with Gasteiger partial charge in [0, 0.05) is 80.8 Å². The highest BCUT2D eigenvalue weighted by Crippen LogP contribution is 2.40. The van der Waals surface area contributed by atoms with E-state index in [1.807, 2.05) is 51.1 Å². The fourth-order valence-corrected chi connectivity index (χ4v) is 10.1. The van der Waals surface area contributed by atoms with E-state index in [2.05, 4.69) is 21.3 Å². The maximum atomic E-state index is 15.1. The van der Waals surface area contributed by atoms with E-state index >= 15 is 4.39 Å². The third kappa shape index (κ3) is 18.4. The van der Waals surface area contributed by atoms with E-state index in [-0.39, 0.29) is 104 Å². The van der Waals surface area contributed by atoms with Crippen molar-refractivity contribution >= 4 is 53.1 Å². The molecule has 1 aliphatic carbocycles. The van der Waals surface area contributed by atoms with Gasteiger partial charge in [-0.3, -0.25) is 43.3 Å². The van der Waals surface area contributed by atoms with Gasteiger partial charge in [0.15, 0.2) is 5.78 Å². The van der Waals surface area contributed by atoms with Crippen LogP contribution in [-0.4, -0.2) is 133 Å². The quantitative estimate of drug-likeness (QED) is 0.0335. The van der Waals surface area contributed by atoms with Gasteiger partial charge >= 0.3 is 5.97 Å². The number of imide groups is 1. The second-order valence-electron chi connectivity index (χ2n) is 22.4. The minimum Gasteiger partial charge on any atom is -0.480 e.